The van der Waals surface area contributed by atoms with E-state index < -0.39 is 11.3 Å². The van der Waals surface area contributed by atoms with Gasteiger partial charge in [0.05, 0.1) is 6.61 Å². The van der Waals surface area contributed by atoms with Crippen LogP contribution in [-0.4, -0.2) is 12.6 Å². The lowest BCUT2D eigenvalue weighted by molar-refractivity contribution is -0.142. The second-order valence-corrected chi connectivity index (χ2v) is 4.00. The van der Waals surface area contributed by atoms with Crippen LogP contribution in [-0.2, 0) is 9.53 Å². The molecular weight excluding hydrogens is 258 g/mol. The number of hydrogen-bond donors (Lipinski definition) is 0. The largest absolute Gasteiger partial charge is 0.465 e. The van der Waals surface area contributed by atoms with Crippen molar-refractivity contribution in [3.63, 3.8) is 0 Å². The molecule has 0 saturated heterocycles. The SMILES string of the molecule is CCOC(=O)C(Cl)c1c(Cl)cccc1Cl. The maximum absolute atomic E-state index is 11.4. The molecule has 15 heavy (non-hydrogen) atoms. The zero-order valence-corrected chi connectivity index (χ0v) is 10.2. The van der Waals surface area contributed by atoms with Crippen LogP contribution < -0.4 is 0 Å². The molecule has 0 radical (unpaired) electrons. The maximum atomic E-state index is 11.4. The van der Waals surface area contributed by atoms with Gasteiger partial charge in [0.1, 0.15) is 0 Å². The van der Waals surface area contributed by atoms with E-state index in [4.69, 9.17) is 39.5 Å². The van der Waals surface area contributed by atoms with Gasteiger partial charge < -0.3 is 4.74 Å². The van der Waals surface area contributed by atoms with Gasteiger partial charge in [0.2, 0.25) is 0 Å². The number of esters is 1. The fraction of sp³-hybridized carbons (Fsp3) is 0.300. The quantitative estimate of drug-likeness (QED) is 0.614. The average molecular weight is 268 g/mol. The van der Waals surface area contributed by atoms with Crippen LogP contribution in [0.3, 0.4) is 0 Å². The Kier molecular flexibility index (Phi) is 4.71. The molecule has 0 aliphatic carbocycles. The first-order valence-electron chi connectivity index (χ1n) is 4.32. The highest BCUT2D eigenvalue weighted by Gasteiger charge is 2.23. The number of carbonyl (C=O) groups is 1. The molecule has 0 fully saturated rings. The van der Waals surface area contributed by atoms with E-state index in [9.17, 15) is 4.79 Å². The summed E-state index contributed by atoms with van der Waals surface area (Å²) in [5.41, 5.74) is 0.390. The van der Waals surface area contributed by atoms with Gasteiger partial charge >= 0.3 is 5.97 Å². The summed E-state index contributed by atoms with van der Waals surface area (Å²) in [5.74, 6) is -0.547. The summed E-state index contributed by atoms with van der Waals surface area (Å²) in [6.07, 6.45) is 0. The molecule has 1 aromatic carbocycles. The minimum absolute atomic E-state index is 0.268. The summed E-state index contributed by atoms with van der Waals surface area (Å²) in [7, 11) is 0. The minimum atomic E-state index is -0.967. The Balaban J connectivity index is 3.00. The second-order valence-electron chi connectivity index (χ2n) is 2.75. The number of benzene rings is 1. The van der Waals surface area contributed by atoms with Gasteiger partial charge in [-0.2, -0.15) is 0 Å². The molecule has 0 bridgehead atoms. The van der Waals surface area contributed by atoms with Crippen molar-refractivity contribution in [2.75, 3.05) is 6.61 Å². The molecule has 0 heterocycles. The zero-order chi connectivity index (χ0) is 11.4. The van der Waals surface area contributed by atoms with Crippen LogP contribution in [0.4, 0.5) is 0 Å². The molecule has 1 atom stereocenters. The highest BCUT2D eigenvalue weighted by atomic mass is 35.5. The molecule has 0 aliphatic rings. The van der Waals surface area contributed by atoms with E-state index >= 15 is 0 Å². The summed E-state index contributed by atoms with van der Waals surface area (Å²) in [6, 6.07) is 4.93. The van der Waals surface area contributed by atoms with Crippen LogP contribution >= 0.6 is 34.8 Å². The van der Waals surface area contributed by atoms with Crippen molar-refractivity contribution in [3.05, 3.63) is 33.8 Å². The molecule has 5 heteroatoms. The predicted octanol–water partition coefficient (Wildman–Crippen LogP) is 3.84. The third-order valence-corrected chi connectivity index (χ3v) is 2.80. The minimum Gasteiger partial charge on any atom is -0.465 e. The third-order valence-electron chi connectivity index (χ3n) is 1.75. The molecule has 82 valence electrons. The van der Waals surface area contributed by atoms with Crippen molar-refractivity contribution in [1.82, 2.24) is 0 Å². The molecule has 0 aliphatic heterocycles. The molecule has 0 aromatic heterocycles. The van der Waals surface area contributed by atoms with E-state index in [-0.39, 0.29) is 6.61 Å². The molecule has 0 amide bonds. The van der Waals surface area contributed by atoms with Crippen LogP contribution in [0.5, 0.6) is 0 Å². The average Bonchev–Trinajstić information content (AvgIpc) is 2.17. The molecular formula is C10H9Cl3O2. The Morgan fingerprint density at radius 1 is 1.40 bits per heavy atom. The Hall–Kier alpha value is -0.440. The van der Waals surface area contributed by atoms with E-state index in [1.54, 1.807) is 25.1 Å². The van der Waals surface area contributed by atoms with Gasteiger partial charge in [-0.15, -0.1) is 11.6 Å². The standard InChI is InChI=1S/C10H9Cl3O2/c1-2-15-10(14)9(13)8-6(11)4-3-5-7(8)12/h3-5,9H,2H2,1H3. The molecule has 1 aromatic rings. The van der Waals surface area contributed by atoms with Gasteiger partial charge in [-0.3, -0.25) is 4.79 Å². The van der Waals surface area contributed by atoms with Crippen molar-refractivity contribution in [1.29, 1.82) is 0 Å². The van der Waals surface area contributed by atoms with E-state index in [1.165, 1.54) is 0 Å². The van der Waals surface area contributed by atoms with Gasteiger partial charge in [-0.1, -0.05) is 29.3 Å². The smallest absolute Gasteiger partial charge is 0.328 e. The van der Waals surface area contributed by atoms with Crippen molar-refractivity contribution < 1.29 is 9.53 Å². The first-order chi connectivity index (χ1) is 7.07. The summed E-state index contributed by atoms with van der Waals surface area (Å²) in [6.45, 7) is 1.97. The monoisotopic (exact) mass is 266 g/mol. The number of hydrogen-bond acceptors (Lipinski definition) is 2. The maximum Gasteiger partial charge on any atom is 0.328 e. The summed E-state index contributed by atoms with van der Waals surface area (Å²) in [5, 5.41) is -0.253. The van der Waals surface area contributed by atoms with Gasteiger partial charge in [-0.05, 0) is 19.1 Å². The summed E-state index contributed by atoms with van der Waals surface area (Å²) in [4.78, 5) is 11.4. The Morgan fingerprint density at radius 2 is 1.93 bits per heavy atom. The number of ether oxygens (including phenoxy) is 1. The van der Waals surface area contributed by atoms with E-state index in [0.717, 1.165) is 0 Å². The Morgan fingerprint density at radius 3 is 2.40 bits per heavy atom. The third kappa shape index (κ3) is 3.00. The number of alkyl halides is 1. The van der Waals surface area contributed by atoms with Crippen molar-refractivity contribution in [2.24, 2.45) is 0 Å². The zero-order valence-electron chi connectivity index (χ0n) is 7.97. The molecule has 2 nitrogen and oxygen atoms in total. The van der Waals surface area contributed by atoms with Crippen LogP contribution in [0.1, 0.15) is 17.9 Å². The molecule has 0 spiro atoms. The van der Waals surface area contributed by atoms with Crippen LogP contribution in [0.2, 0.25) is 10.0 Å². The summed E-state index contributed by atoms with van der Waals surface area (Å²) < 4.78 is 4.78. The highest BCUT2D eigenvalue weighted by Crippen LogP contribution is 2.34. The van der Waals surface area contributed by atoms with E-state index in [1.807, 2.05) is 0 Å². The van der Waals surface area contributed by atoms with E-state index in [0.29, 0.717) is 15.6 Å². The lowest BCUT2D eigenvalue weighted by atomic mass is 10.1. The number of carbonyl (C=O) groups excluding carboxylic acids is 1. The Bertz CT molecular complexity index is 345. The first-order valence-corrected chi connectivity index (χ1v) is 5.51. The first kappa shape index (κ1) is 12.6. The molecule has 1 unspecified atom stereocenters. The van der Waals surface area contributed by atoms with Crippen LogP contribution in [0, 0.1) is 0 Å². The second kappa shape index (κ2) is 5.59. The van der Waals surface area contributed by atoms with Gasteiger partial charge in [-0.25, -0.2) is 0 Å². The fourth-order valence-electron chi connectivity index (χ4n) is 1.09. The van der Waals surface area contributed by atoms with E-state index in [2.05, 4.69) is 0 Å². The van der Waals surface area contributed by atoms with Crippen LogP contribution in [0.25, 0.3) is 0 Å². The fourth-order valence-corrected chi connectivity index (χ4v) is 2.11. The predicted molar refractivity (Wildman–Crippen MR) is 61.7 cm³/mol. The topological polar surface area (TPSA) is 26.3 Å². The number of halogens is 3. The van der Waals surface area contributed by atoms with Crippen molar-refractivity contribution >= 4 is 40.8 Å². The number of rotatable bonds is 3. The van der Waals surface area contributed by atoms with Gasteiger partial charge in [0.15, 0.2) is 5.38 Å². The van der Waals surface area contributed by atoms with Crippen LogP contribution in [0.15, 0.2) is 18.2 Å². The lowest BCUT2D eigenvalue weighted by Gasteiger charge is -2.11. The highest BCUT2D eigenvalue weighted by molar-refractivity contribution is 6.39. The normalized spacial score (nSPS) is 12.3. The molecule has 1 rings (SSSR count). The molecule has 0 N–H and O–H groups in total. The lowest BCUT2D eigenvalue weighted by Crippen LogP contribution is -2.11. The Labute approximate surface area is 103 Å². The van der Waals surface area contributed by atoms with Crippen molar-refractivity contribution in [2.45, 2.75) is 12.3 Å². The van der Waals surface area contributed by atoms with Gasteiger partial charge in [0, 0.05) is 15.6 Å². The van der Waals surface area contributed by atoms with Crippen molar-refractivity contribution in [3.8, 4) is 0 Å². The summed E-state index contributed by atoms with van der Waals surface area (Å²) >= 11 is 17.7. The van der Waals surface area contributed by atoms with Gasteiger partial charge in [0.25, 0.3) is 0 Å². The molecule has 0 saturated carbocycles.